The molecular weight excluding hydrogens is 276 g/mol. The molecule has 0 aliphatic heterocycles. The Labute approximate surface area is 114 Å². The van der Waals surface area contributed by atoms with E-state index in [1.54, 1.807) is 24.3 Å². The van der Waals surface area contributed by atoms with E-state index in [2.05, 4.69) is 0 Å². The van der Waals surface area contributed by atoms with E-state index in [1.165, 1.54) is 12.1 Å². The minimum atomic E-state index is -0.414. The normalized spacial score (nSPS) is 10.4. The zero-order valence-electron chi connectivity index (χ0n) is 9.29. The van der Waals surface area contributed by atoms with Crippen LogP contribution in [-0.4, -0.2) is 0 Å². The average Bonchev–Trinajstić information content (AvgIpc) is 2.33. The Bertz CT molecular complexity index is 555. The van der Waals surface area contributed by atoms with Gasteiger partial charge in [0.05, 0.1) is 10.0 Å². The summed E-state index contributed by atoms with van der Waals surface area (Å²) in [6.07, 6.45) is 0. The highest BCUT2D eigenvalue weighted by molar-refractivity contribution is 6.32. The van der Waals surface area contributed by atoms with Gasteiger partial charge < -0.3 is 10.5 Å². The summed E-state index contributed by atoms with van der Waals surface area (Å²) in [6.45, 7) is -0.00528. The van der Waals surface area contributed by atoms with Gasteiger partial charge in [0, 0.05) is 17.3 Å². The monoisotopic (exact) mass is 285 g/mol. The van der Waals surface area contributed by atoms with Crippen LogP contribution >= 0.6 is 23.2 Å². The van der Waals surface area contributed by atoms with Crippen molar-refractivity contribution in [3.05, 3.63) is 57.8 Å². The van der Waals surface area contributed by atoms with Gasteiger partial charge in [0.25, 0.3) is 0 Å². The first kappa shape index (κ1) is 13.0. The zero-order chi connectivity index (χ0) is 13.1. The van der Waals surface area contributed by atoms with Gasteiger partial charge in [-0.2, -0.15) is 0 Å². The van der Waals surface area contributed by atoms with Gasteiger partial charge in [0.15, 0.2) is 0 Å². The highest BCUT2D eigenvalue weighted by atomic mass is 35.5. The van der Waals surface area contributed by atoms with Gasteiger partial charge in [0.1, 0.15) is 18.2 Å². The summed E-state index contributed by atoms with van der Waals surface area (Å²) < 4.78 is 18.9. The molecule has 0 unspecified atom stereocenters. The van der Waals surface area contributed by atoms with Crippen LogP contribution in [0.1, 0.15) is 5.56 Å². The van der Waals surface area contributed by atoms with Crippen molar-refractivity contribution >= 4 is 28.9 Å². The summed E-state index contributed by atoms with van der Waals surface area (Å²) in [4.78, 5) is 0. The van der Waals surface area contributed by atoms with Crippen LogP contribution in [0.15, 0.2) is 36.4 Å². The molecule has 0 aliphatic rings. The summed E-state index contributed by atoms with van der Waals surface area (Å²) in [5.74, 6) is -0.0153. The van der Waals surface area contributed by atoms with Gasteiger partial charge in [0.2, 0.25) is 0 Å². The van der Waals surface area contributed by atoms with Crippen molar-refractivity contribution in [1.29, 1.82) is 0 Å². The maximum absolute atomic E-state index is 13.5. The van der Waals surface area contributed by atoms with Crippen LogP contribution in [0.3, 0.4) is 0 Å². The van der Waals surface area contributed by atoms with Crippen molar-refractivity contribution in [1.82, 2.24) is 0 Å². The van der Waals surface area contributed by atoms with Gasteiger partial charge >= 0.3 is 0 Å². The quantitative estimate of drug-likeness (QED) is 0.854. The lowest BCUT2D eigenvalue weighted by Gasteiger charge is -2.10. The first-order valence-electron chi connectivity index (χ1n) is 5.18. The molecule has 0 heterocycles. The van der Waals surface area contributed by atoms with E-state index in [9.17, 15) is 4.39 Å². The number of anilines is 1. The highest BCUT2D eigenvalue weighted by Crippen LogP contribution is 2.28. The maximum Gasteiger partial charge on any atom is 0.140 e. The fraction of sp³-hybridized carbons (Fsp3) is 0.0769. The number of nitrogens with two attached hydrogens (primary N) is 1. The summed E-state index contributed by atoms with van der Waals surface area (Å²) >= 11 is 11.8. The van der Waals surface area contributed by atoms with E-state index in [4.69, 9.17) is 33.7 Å². The van der Waals surface area contributed by atoms with Gasteiger partial charge in [-0.1, -0.05) is 29.3 Å². The van der Waals surface area contributed by atoms with E-state index < -0.39 is 5.82 Å². The Morgan fingerprint density at radius 3 is 2.61 bits per heavy atom. The number of nitrogen functional groups attached to an aromatic ring is 1. The Hall–Kier alpha value is -1.45. The van der Waals surface area contributed by atoms with Crippen LogP contribution in [-0.2, 0) is 6.61 Å². The van der Waals surface area contributed by atoms with Crippen LogP contribution < -0.4 is 10.5 Å². The van der Waals surface area contributed by atoms with Crippen molar-refractivity contribution in [2.24, 2.45) is 0 Å². The molecule has 0 fully saturated rings. The fourth-order valence-corrected chi connectivity index (χ4v) is 1.84. The molecule has 0 atom stereocenters. The smallest absolute Gasteiger partial charge is 0.140 e. The van der Waals surface area contributed by atoms with Crippen molar-refractivity contribution in [3.63, 3.8) is 0 Å². The molecule has 2 nitrogen and oxygen atoms in total. The second-order valence-electron chi connectivity index (χ2n) is 3.68. The van der Waals surface area contributed by atoms with Crippen LogP contribution in [0.25, 0.3) is 0 Å². The van der Waals surface area contributed by atoms with Crippen molar-refractivity contribution in [2.75, 3.05) is 5.73 Å². The Morgan fingerprint density at radius 2 is 1.89 bits per heavy atom. The highest BCUT2D eigenvalue weighted by Gasteiger charge is 2.09. The number of hydrogen-bond donors (Lipinski definition) is 1. The van der Waals surface area contributed by atoms with Crippen LogP contribution in [0, 0.1) is 5.82 Å². The maximum atomic E-state index is 13.5. The first-order valence-corrected chi connectivity index (χ1v) is 5.94. The summed E-state index contributed by atoms with van der Waals surface area (Å²) in [5, 5.41) is 0.728. The van der Waals surface area contributed by atoms with Crippen molar-refractivity contribution in [2.45, 2.75) is 6.61 Å². The number of rotatable bonds is 3. The molecule has 0 aliphatic carbocycles. The molecular formula is C13H10Cl2FNO. The van der Waals surface area contributed by atoms with E-state index in [-0.39, 0.29) is 12.2 Å². The summed E-state index contributed by atoms with van der Waals surface area (Å²) in [5.41, 5.74) is 6.43. The predicted octanol–water partition coefficient (Wildman–Crippen LogP) is 4.29. The summed E-state index contributed by atoms with van der Waals surface area (Å²) in [7, 11) is 0. The average molecular weight is 286 g/mol. The molecule has 0 saturated heterocycles. The molecule has 5 heteroatoms. The molecule has 0 amide bonds. The Balaban J connectivity index is 2.19. The topological polar surface area (TPSA) is 35.2 Å². The molecule has 94 valence electrons. The molecule has 2 aromatic rings. The third-order valence-corrected chi connectivity index (χ3v) is 3.06. The Morgan fingerprint density at radius 1 is 1.11 bits per heavy atom. The molecule has 0 aromatic heterocycles. The standard InChI is InChI=1S/C13H10Cl2FNO/c14-10-2-1-3-12(16)9(10)7-18-13-6-8(17)4-5-11(13)15/h1-6H,7,17H2. The minimum absolute atomic E-state index is 0.00528. The number of benzene rings is 2. The van der Waals surface area contributed by atoms with Crippen LogP contribution in [0.4, 0.5) is 10.1 Å². The predicted molar refractivity (Wildman–Crippen MR) is 71.6 cm³/mol. The lowest BCUT2D eigenvalue weighted by molar-refractivity contribution is 0.300. The number of halogens is 3. The second-order valence-corrected chi connectivity index (χ2v) is 4.49. The fourth-order valence-electron chi connectivity index (χ4n) is 1.45. The first-order chi connectivity index (χ1) is 8.58. The second kappa shape index (κ2) is 5.46. The van der Waals surface area contributed by atoms with E-state index in [1.807, 2.05) is 0 Å². The molecule has 2 aromatic carbocycles. The summed E-state index contributed by atoms with van der Waals surface area (Å²) in [6, 6.07) is 9.32. The third-order valence-electron chi connectivity index (χ3n) is 2.39. The molecule has 0 radical (unpaired) electrons. The zero-order valence-corrected chi connectivity index (χ0v) is 10.8. The number of hydrogen-bond acceptors (Lipinski definition) is 2. The lowest BCUT2D eigenvalue weighted by atomic mass is 10.2. The SMILES string of the molecule is Nc1ccc(Cl)c(OCc2c(F)cccc2Cl)c1. The molecule has 0 spiro atoms. The van der Waals surface area contributed by atoms with Crippen LogP contribution in [0.5, 0.6) is 5.75 Å². The van der Waals surface area contributed by atoms with Gasteiger partial charge in [-0.15, -0.1) is 0 Å². The van der Waals surface area contributed by atoms with Gasteiger partial charge in [-0.3, -0.25) is 0 Å². The van der Waals surface area contributed by atoms with E-state index >= 15 is 0 Å². The van der Waals surface area contributed by atoms with E-state index in [0.29, 0.717) is 21.5 Å². The molecule has 0 saturated carbocycles. The Kier molecular flexibility index (Phi) is 3.94. The molecule has 2 rings (SSSR count). The van der Waals surface area contributed by atoms with Gasteiger partial charge in [-0.25, -0.2) is 4.39 Å². The molecule has 0 bridgehead atoms. The largest absolute Gasteiger partial charge is 0.487 e. The third kappa shape index (κ3) is 2.86. The molecule has 18 heavy (non-hydrogen) atoms. The minimum Gasteiger partial charge on any atom is -0.487 e. The van der Waals surface area contributed by atoms with E-state index in [0.717, 1.165) is 0 Å². The molecule has 2 N–H and O–H groups in total. The lowest BCUT2D eigenvalue weighted by Crippen LogP contribution is -2.00. The van der Waals surface area contributed by atoms with Crippen LogP contribution in [0.2, 0.25) is 10.0 Å². The van der Waals surface area contributed by atoms with Gasteiger partial charge in [-0.05, 0) is 24.3 Å². The number of ether oxygens (including phenoxy) is 1. The van der Waals surface area contributed by atoms with Crippen molar-refractivity contribution < 1.29 is 9.13 Å². The van der Waals surface area contributed by atoms with Crippen molar-refractivity contribution in [3.8, 4) is 5.75 Å².